The van der Waals surface area contributed by atoms with Gasteiger partial charge in [0, 0.05) is 32.1 Å². The first kappa shape index (κ1) is 18.3. The third-order valence-corrected chi connectivity index (χ3v) is 5.46. The number of nitrogens with one attached hydrogen (secondary N) is 2. The molecule has 1 aromatic rings. The van der Waals surface area contributed by atoms with E-state index in [0.29, 0.717) is 6.61 Å². The molecule has 2 saturated heterocycles. The molecule has 25 heavy (non-hydrogen) atoms. The van der Waals surface area contributed by atoms with Crippen LogP contribution in [0, 0.1) is 12.8 Å². The number of hydrogen-bond donors (Lipinski definition) is 3. The summed E-state index contributed by atoms with van der Waals surface area (Å²) in [5, 5.41) is 11.1. The van der Waals surface area contributed by atoms with E-state index in [0.717, 1.165) is 50.1 Å². The molecule has 3 rings (SSSR count). The van der Waals surface area contributed by atoms with Crippen molar-refractivity contribution in [3.05, 3.63) is 35.4 Å². The predicted octanol–water partition coefficient (Wildman–Crippen LogP) is 0.934. The van der Waals surface area contributed by atoms with Gasteiger partial charge in [0.1, 0.15) is 6.04 Å². The summed E-state index contributed by atoms with van der Waals surface area (Å²) in [5.74, 6) is -0.00497. The summed E-state index contributed by atoms with van der Waals surface area (Å²) in [6.07, 6.45) is 1.44. The van der Waals surface area contributed by atoms with Gasteiger partial charge in [-0.05, 0) is 37.8 Å². The van der Waals surface area contributed by atoms with Gasteiger partial charge < -0.3 is 14.7 Å². The highest BCUT2D eigenvalue weighted by molar-refractivity contribution is 5.76. The second-order valence-corrected chi connectivity index (χ2v) is 7.16. The van der Waals surface area contributed by atoms with Crippen LogP contribution in [0.1, 0.15) is 30.9 Å². The Balaban J connectivity index is 1.57. The number of aliphatic hydroxyl groups is 1. The molecule has 6 nitrogen and oxygen atoms in total. The van der Waals surface area contributed by atoms with Gasteiger partial charge in [-0.3, -0.25) is 10.2 Å². The monoisotopic (exact) mass is 347 g/mol. The molecule has 2 fully saturated rings. The average molecular weight is 347 g/mol. The zero-order valence-corrected chi connectivity index (χ0v) is 15.1. The minimum atomic E-state index is -0.742. The third kappa shape index (κ3) is 4.03. The number of likely N-dealkylation sites (tertiary alicyclic amines) is 1. The Morgan fingerprint density at radius 3 is 2.76 bits per heavy atom. The van der Waals surface area contributed by atoms with E-state index in [9.17, 15) is 9.90 Å². The molecule has 0 spiro atoms. The van der Waals surface area contributed by atoms with Crippen molar-refractivity contribution in [2.75, 3.05) is 32.8 Å². The van der Waals surface area contributed by atoms with Crippen molar-refractivity contribution in [1.29, 1.82) is 0 Å². The lowest BCUT2D eigenvalue weighted by atomic mass is 9.82. The minimum Gasteiger partial charge on any atom is -0.465 e. The Bertz CT molecular complexity index is 599. The smallest absolute Gasteiger partial charge is 0.324 e. The maximum Gasteiger partial charge on any atom is 0.324 e. The number of rotatable bonds is 5. The van der Waals surface area contributed by atoms with Crippen LogP contribution < -0.4 is 10.9 Å². The molecule has 0 aliphatic carbocycles. The van der Waals surface area contributed by atoms with Gasteiger partial charge in [-0.25, -0.2) is 5.43 Å². The first-order valence-corrected chi connectivity index (χ1v) is 9.19. The molecule has 0 bridgehead atoms. The topological polar surface area (TPSA) is 73.8 Å². The molecular weight excluding hydrogens is 318 g/mol. The van der Waals surface area contributed by atoms with Gasteiger partial charge in [0.25, 0.3) is 0 Å². The zero-order chi connectivity index (χ0) is 17.9. The molecule has 1 aromatic carbocycles. The highest BCUT2D eigenvalue weighted by atomic mass is 16.5. The number of esters is 1. The number of aryl methyl sites for hydroxylation is 1. The Labute approximate surface area is 149 Å². The molecule has 3 N–H and O–H groups in total. The lowest BCUT2D eigenvalue weighted by molar-refractivity contribution is -0.146. The molecule has 138 valence electrons. The summed E-state index contributed by atoms with van der Waals surface area (Å²) in [6.45, 7) is 7.52. The largest absolute Gasteiger partial charge is 0.465 e. The Kier molecular flexibility index (Phi) is 5.74. The highest BCUT2D eigenvalue weighted by Gasteiger charge is 2.38. The highest BCUT2D eigenvalue weighted by Crippen LogP contribution is 2.34. The fourth-order valence-electron chi connectivity index (χ4n) is 3.99. The lowest BCUT2D eigenvalue weighted by Crippen LogP contribution is -2.47. The van der Waals surface area contributed by atoms with Crippen LogP contribution >= 0.6 is 0 Å². The Hall–Kier alpha value is -1.47. The molecule has 2 atom stereocenters. The third-order valence-electron chi connectivity index (χ3n) is 5.46. The number of carbonyl (C=O) groups is 1. The van der Waals surface area contributed by atoms with Crippen LogP contribution in [-0.2, 0) is 15.1 Å². The van der Waals surface area contributed by atoms with Crippen LogP contribution in [0.25, 0.3) is 0 Å². The quantitative estimate of drug-likeness (QED) is 0.689. The second kappa shape index (κ2) is 7.83. The normalized spacial score (nSPS) is 26.5. The summed E-state index contributed by atoms with van der Waals surface area (Å²) >= 11 is 0. The number of piperidine rings is 1. The average Bonchev–Trinajstić information content (AvgIpc) is 3.06. The summed E-state index contributed by atoms with van der Waals surface area (Å²) in [7, 11) is 0. The van der Waals surface area contributed by atoms with Gasteiger partial charge in [-0.15, -0.1) is 0 Å². The maximum atomic E-state index is 12.0. The van der Waals surface area contributed by atoms with E-state index in [1.54, 1.807) is 0 Å². The van der Waals surface area contributed by atoms with Crippen LogP contribution in [-0.4, -0.2) is 54.8 Å². The van der Waals surface area contributed by atoms with Crippen molar-refractivity contribution < 1.29 is 14.6 Å². The van der Waals surface area contributed by atoms with Crippen LogP contribution in [0.2, 0.25) is 0 Å². The van der Waals surface area contributed by atoms with E-state index in [1.165, 1.54) is 0 Å². The van der Waals surface area contributed by atoms with Crippen molar-refractivity contribution in [1.82, 2.24) is 15.8 Å². The molecular formula is C19H29N3O3. The Morgan fingerprint density at radius 2 is 2.08 bits per heavy atom. The standard InChI is InChI=1S/C19H29N3O3/c1-3-25-18(23)17-15(12-20-21-17)13-22-10-8-19(24,9-11-22)16-7-5-4-6-14(16)2/h4-7,15,17,20-21,24H,3,8-13H2,1-2H3. The second-order valence-electron chi connectivity index (χ2n) is 7.16. The van der Waals surface area contributed by atoms with Gasteiger partial charge in [0.05, 0.1) is 12.2 Å². The number of ether oxygens (including phenoxy) is 1. The van der Waals surface area contributed by atoms with E-state index < -0.39 is 5.60 Å². The molecule has 6 heteroatoms. The number of nitrogens with zero attached hydrogens (tertiary/aromatic N) is 1. The van der Waals surface area contributed by atoms with E-state index >= 15 is 0 Å². The molecule has 0 amide bonds. The van der Waals surface area contributed by atoms with E-state index in [-0.39, 0.29) is 17.9 Å². The first-order chi connectivity index (χ1) is 12.0. The fraction of sp³-hybridized carbons (Fsp3) is 0.632. The SMILES string of the molecule is CCOC(=O)C1NNCC1CN1CCC(O)(c2ccccc2C)CC1. The molecule has 2 aliphatic heterocycles. The summed E-state index contributed by atoms with van der Waals surface area (Å²) in [4.78, 5) is 14.4. The van der Waals surface area contributed by atoms with Crippen molar-refractivity contribution in [2.45, 2.75) is 38.3 Å². The number of benzene rings is 1. The van der Waals surface area contributed by atoms with Gasteiger partial charge >= 0.3 is 5.97 Å². The van der Waals surface area contributed by atoms with Gasteiger partial charge in [0.15, 0.2) is 0 Å². The first-order valence-electron chi connectivity index (χ1n) is 9.19. The predicted molar refractivity (Wildman–Crippen MR) is 95.8 cm³/mol. The van der Waals surface area contributed by atoms with Crippen LogP contribution in [0.3, 0.4) is 0 Å². The maximum absolute atomic E-state index is 12.0. The zero-order valence-electron chi connectivity index (χ0n) is 15.1. The van der Waals surface area contributed by atoms with E-state index in [2.05, 4.69) is 28.7 Å². The Morgan fingerprint density at radius 1 is 1.36 bits per heavy atom. The molecule has 0 radical (unpaired) electrons. The summed E-state index contributed by atoms with van der Waals surface area (Å²) in [6, 6.07) is 7.79. The van der Waals surface area contributed by atoms with Crippen LogP contribution in [0.4, 0.5) is 0 Å². The van der Waals surface area contributed by atoms with Crippen LogP contribution in [0.15, 0.2) is 24.3 Å². The number of hydrazine groups is 1. The number of hydrogen-bond acceptors (Lipinski definition) is 6. The molecule has 2 unspecified atom stereocenters. The van der Waals surface area contributed by atoms with Gasteiger partial charge in [0.2, 0.25) is 0 Å². The summed E-state index contributed by atoms with van der Waals surface area (Å²) < 4.78 is 5.15. The molecule has 0 aromatic heterocycles. The lowest BCUT2D eigenvalue weighted by Gasteiger charge is -2.40. The fourth-order valence-corrected chi connectivity index (χ4v) is 3.99. The van der Waals surface area contributed by atoms with Crippen molar-refractivity contribution in [2.24, 2.45) is 5.92 Å². The van der Waals surface area contributed by atoms with E-state index in [1.807, 2.05) is 25.1 Å². The number of carbonyl (C=O) groups excluding carboxylic acids is 1. The van der Waals surface area contributed by atoms with Crippen LogP contribution in [0.5, 0.6) is 0 Å². The van der Waals surface area contributed by atoms with Crippen molar-refractivity contribution >= 4 is 5.97 Å². The molecule has 2 aliphatic rings. The van der Waals surface area contributed by atoms with E-state index in [4.69, 9.17) is 4.74 Å². The van der Waals surface area contributed by atoms with Crippen molar-refractivity contribution in [3.8, 4) is 0 Å². The molecule has 0 saturated carbocycles. The summed E-state index contributed by atoms with van der Waals surface area (Å²) in [5.41, 5.74) is 7.55. The minimum absolute atomic E-state index is 0.184. The van der Waals surface area contributed by atoms with Crippen molar-refractivity contribution in [3.63, 3.8) is 0 Å². The van der Waals surface area contributed by atoms with Gasteiger partial charge in [-0.2, -0.15) is 0 Å². The molecule has 2 heterocycles. The van der Waals surface area contributed by atoms with Gasteiger partial charge in [-0.1, -0.05) is 24.3 Å².